The van der Waals surface area contributed by atoms with Gasteiger partial charge >= 0.3 is 0 Å². The second-order valence-electron chi connectivity index (χ2n) is 8.41. The van der Waals surface area contributed by atoms with Gasteiger partial charge in [0.05, 0.1) is 28.3 Å². The number of hydrogen-bond donors (Lipinski definition) is 2. The number of hydrogen-bond acceptors (Lipinski definition) is 5. The molecule has 1 aromatic carbocycles. The van der Waals surface area contributed by atoms with Crippen molar-refractivity contribution in [2.45, 2.75) is 12.1 Å². The number of pyridine rings is 1. The maximum Gasteiger partial charge on any atom is 0.255 e. The van der Waals surface area contributed by atoms with E-state index >= 15 is 0 Å². The van der Waals surface area contributed by atoms with Crippen molar-refractivity contribution >= 4 is 29.1 Å². The zero-order valence-electron chi connectivity index (χ0n) is 18.1. The molecule has 34 heavy (non-hydrogen) atoms. The van der Waals surface area contributed by atoms with Crippen LogP contribution in [-0.4, -0.2) is 64.5 Å². The van der Waals surface area contributed by atoms with Crippen LogP contribution in [0.25, 0.3) is 11.1 Å². The molecule has 4 heterocycles. The molecule has 0 radical (unpaired) electrons. The number of ether oxygens (including phenoxy) is 1. The minimum absolute atomic E-state index is 0.0250. The van der Waals surface area contributed by atoms with Crippen LogP contribution >= 0.6 is 23.2 Å². The molecule has 2 saturated heterocycles. The summed E-state index contributed by atoms with van der Waals surface area (Å²) >= 11 is 12.7. The average Bonchev–Trinajstić information content (AvgIpc) is 3.34. The van der Waals surface area contributed by atoms with Gasteiger partial charge in [0.1, 0.15) is 17.9 Å². The Morgan fingerprint density at radius 2 is 2.00 bits per heavy atom. The number of nitrogens with one attached hydrogen (secondary N) is 2. The summed E-state index contributed by atoms with van der Waals surface area (Å²) in [5.74, 6) is -0.143. The summed E-state index contributed by atoms with van der Waals surface area (Å²) in [6, 6.07) is 10.8. The van der Waals surface area contributed by atoms with Crippen LogP contribution in [0.5, 0.6) is 0 Å². The normalized spacial score (nSPS) is 20.6. The zero-order chi connectivity index (χ0) is 23.8. The summed E-state index contributed by atoms with van der Waals surface area (Å²) in [5, 5.41) is 9.89. The van der Waals surface area contributed by atoms with Crippen LogP contribution in [0.4, 0.5) is 0 Å². The highest BCUT2D eigenvalue weighted by atomic mass is 35.5. The number of fused-ring (bicyclic) bond motifs is 1. The Balaban J connectivity index is 1.30. The molecule has 2 aromatic heterocycles. The number of aromatic nitrogens is 2. The van der Waals surface area contributed by atoms with Gasteiger partial charge in [-0.05, 0) is 18.2 Å². The molecular formula is C24H21Cl2N5O3. The van der Waals surface area contributed by atoms with Gasteiger partial charge in [-0.15, -0.1) is 0 Å². The molecule has 3 aromatic rings. The zero-order valence-corrected chi connectivity index (χ0v) is 19.6. The smallest absolute Gasteiger partial charge is 0.255 e. The van der Waals surface area contributed by atoms with Gasteiger partial charge in [0.2, 0.25) is 0 Å². The first-order valence-electron chi connectivity index (χ1n) is 10.8. The lowest BCUT2D eigenvalue weighted by Gasteiger charge is -2.46. The third-order valence-corrected chi connectivity index (χ3v) is 6.99. The van der Waals surface area contributed by atoms with E-state index in [2.05, 4.69) is 20.9 Å². The van der Waals surface area contributed by atoms with Crippen LogP contribution in [0.15, 0.2) is 47.5 Å². The summed E-state index contributed by atoms with van der Waals surface area (Å²) in [6.45, 7) is 2.66. The lowest BCUT2D eigenvalue weighted by molar-refractivity contribution is -0.0862. The Bertz CT molecular complexity index is 1340. The van der Waals surface area contributed by atoms with Gasteiger partial charge in [0.15, 0.2) is 0 Å². The molecule has 0 unspecified atom stereocenters. The maximum absolute atomic E-state index is 13.4. The van der Waals surface area contributed by atoms with Gasteiger partial charge in [-0.25, -0.2) is 0 Å². The van der Waals surface area contributed by atoms with E-state index in [4.69, 9.17) is 33.2 Å². The van der Waals surface area contributed by atoms with Crippen LogP contribution < -0.4 is 5.56 Å². The number of carbonyl (C=O) groups is 1. The number of carbonyl (C=O) groups excluding carboxylic acids is 1. The molecule has 0 aliphatic carbocycles. The molecule has 2 N–H and O–H groups in total. The second-order valence-corrected chi connectivity index (χ2v) is 9.22. The van der Waals surface area contributed by atoms with Gasteiger partial charge < -0.3 is 19.6 Å². The topological polar surface area (TPSA) is 105 Å². The fourth-order valence-electron chi connectivity index (χ4n) is 4.57. The molecule has 2 fully saturated rings. The van der Waals surface area contributed by atoms with E-state index in [9.17, 15) is 9.59 Å². The van der Waals surface area contributed by atoms with Crippen molar-refractivity contribution in [2.24, 2.45) is 0 Å². The van der Waals surface area contributed by atoms with E-state index in [1.54, 1.807) is 35.4 Å². The third-order valence-electron chi connectivity index (χ3n) is 6.37. The van der Waals surface area contributed by atoms with E-state index in [1.807, 2.05) is 6.07 Å². The first kappa shape index (κ1) is 22.7. The highest BCUT2D eigenvalue weighted by Gasteiger charge is 2.37. The van der Waals surface area contributed by atoms with E-state index < -0.39 is 0 Å². The van der Waals surface area contributed by atoms with Crippen molar-refractivity contribution in [2.75, 3.05) is 32.8 Å². The second kappa shape index (κ2) is 9.28. The van der Waals surface area contributed by atoms with E-state index in [0.29, 0.717) is 65.2 Å². The van der Waals surface area contributed by atoms with Crippen molar-refractivity contribution in [3.8, 4) is 17.2 Å². The summed E-state index contributed by atoms with van der Waals surface area (Å²) in [4.78, 5) is 35.1. The highest BCUT2D eigenvalue weighted by Crippen LogP contribution is 2.33. The van der Waals surface area contributed by atoms with Crippen molar-refractivity contribution < 1.29 is 9.53 Å². The minimum Gasteiger partial charge on any atom is -0.370 e. The lowest BCUT2D eigenvalue weighted by atomic mass is 10.0. The number of piperazine rings is 1. The molecule has 0 spiro atoms. The molecule has 0 saturated carbocycles. The summed E-state index contributed by atoms with van der Waals surface area (Å²) in [7, 11) is 0. The van der Waals surface area contributed by atoms with Crippen molar-refractivity contribution in [3.05, 3.63) is 79.9 Å². The summed E-state index contributed by atoms with van der Waals surface area (Å²) in [6.07, 6.45) is 2.79. The predicted molar refractivity (Wildman–Crippen MR) is 128 cm³/mol. The molecule has 0 bridgehead atoms. The maximum atomic E-state index is 13.4. The van der Waals surface area contributed by atoms with E-state index in [0.717, 1.165) is 5.56 Å². The Morgan fingerprint density at radius 3 is 2.79 bits per heavy atom. The standard InChI is InChI=1S/C24H21Cl2N5O3/c25-15-7-20(23(32)29-10-15)21-12-30-4-5-31(11-17(30)13-34-21)24(33)19-3-1-2-18(22(19)26)14-6-16(8-27)28-9-14/h1-3,6-7,9-10,17,21,28H,4-5,11-13H2,(H,29,32)/t17-,21-/m0/s1. The number of benzene rings is 1. The van der Waals surface area contributed by atoms with Gasteiger partial charge in [0.25, 0.3) is 11.5 Å². The number of morpholine rings is 1. The fourth-order valence-corrected chi connectivity index (χ4v) is 5.06. The fraction of sp³-hybridized carbons (Fsp3) is 0.292. The molecule has 174 valence electrons. The Morgan fingerprint density at radius 1 is 1.15 bits per heavy atom. The van der Waals surface area contributed by atoms with E-state index in [-0.39, 0.29) is 23.6 Å². The molecule has 1 amide bonds. The first-order chi connectivity index (χ1) is 16.4. The molecule has 2 aliphatic heterocycles. The van der Waals surface area contributed by atoms with Crippen molar-refractivity contribution in [1.82, 2.24) is 19.8 Å². The number of aromatic amines is 2. The molecule has 2 aliphatic rings. The van der Waals surface area contributed by atoms with Crippen molar-refractivity contribution in [3.63, 3.8) is 0 Å². The Kier molecular flexibility index (Phi) is 6.19. The van der Waals surface area contributed by atoms with Crippen LogP contribution in [0.3, 0.4) is 0 Å². The van der Waals surface area contributed by atoms with Gasteiger partial charge in [-0.2, -0.15) is 5.26 Å². The van der Waals surface area contributed by atoms with Crippen LogP contribution in [-0.2, 0) is 4.74 Å². The number of amides is 1. The first-order valence-corrected chi connectivity index (χ1v) is 11.6. The average molecular weight is 498 g/mol. The molecular weight excluding hydrogens is 477 g/mol. The molecule has 10 heteroatoms. The Hall–Kier alpha value is -3.09. The third kappa shape index (κ3) is 4.24. The number of rotatable bonds is 3. The number of halogens is 2. The summed E-state index contributed by atoms with van der Waals surface area (Å²) < 4.78 is 6.00. The largest absolute Gasteiger partial charge is 0.370 e. The molecule has 8 nitrogen and oxygen atoms in total. The monoisotopic (exact) mass is 497 g/mol. The van der Waals surface area contributed by atoms with Crippen LogP contribution in [0.1, 0.15) is 27.7 Å². The lowest BCUT2D eigenvalue weighted by Crippen LogP contribution is -2.59. The van der Waals surface area contributed by atoms with Gasteiger partial charge in [-0.1, -0.05) is 35.3 Å². The highest BCUT2D eigenvalue weighted by molar-refractivity contribution is 6.36. The quantitative estimate of drug-likeness (QED) is 0.576. The van der Waals surface area contributed by atoms with Crippen LogP contribution in [0.2, 0.25) is 10.0 Å². The van der Waals surface area contributed by atoms with Crippen molar-refractivity contribution in [1.29, 1.82) is 5.26 Å². The number of H-pyrrole nitrogens is 2. The Labute approximate surface area is 205 Å². The van der Waals surface area contributed by atoms with Gasteiger partial charge in [0, 0.05) is 55.3 Å². The molecule has 2 atom stereocenters. The van der Waals surface area contributed by atoms with Gasteiger partial charge in [-0.3, -0.25) is 14.5 Å². The van der Waals surface area contributed by atoms with E-state index in [1.165, 1.54) is 6.20 Å². The number of nitriles is 1. The molecule has 5 rings (SSSR count). The minimum atomic E-state index is -0.369. The SMILES string of the molecule is N#Cc1cc(-c2cccc(C(=O)N3CCN4C[C@@H](c5cc(Cl)c[nH]c5=O)OC[C@@H]4C3)c2Cl)c[nH]1. The summed E-state index contributed by atoms with van der Waals surface area (Å²) in [5.41, 5.74) is 2.60. The predicted octanol–water partition coefficient (Wildman–Crippen LogP) is 3.45. The number of nitrogens with zero attached hydrogens (tertiary/aromatic N) is 3. The van der Waals surface area contributed by atoms with Crippen LogP contribution in [0, 0.1) is 11.3 Å².